The lowest BCUT2D eigenvalue weighted by Crippen LogP contribution is -1.95. The summed E-state index contributed by atoms with van der Waals surface area (Å²) in [6, 6.07) is 9.80. The summed E-state index contributed by atoms with van der Waals surface area (Å²) < 4.78 is 0. The molecule has 0 aliphatic carbocycles. The van der Waals surface area contributed by atoms with Crippen molar-refractivity contribution in [2.75, 3.05) is 5.73 Å². The second-order valence-corrected chi connectivity index (χ2v) is 4.44. The molecule has 0 fully saturated rings. The van der Waals surface area contributed by atoms with Crippen molar-refractivity contribution in [3.8, 4) is 0 Å². The Balaban J connectivity index is 2.55. The molecule has 4 heteroatoms. The van der Waals surface area contributed by atoms with Crippen molar-refractivity contribution in [1.29, 1.82) is 0 Å². The maximum absolute atomic E-state index is 5.91. The van der Waals surface area contributed by atoms with Gasteiger partial charge >= 0.3 is 0 Å². The Bertz CT molecular complexity index is 737. The van der Waals surface area contributed by atoms with E-state index in [1.807, 2.05) is 31.2 Å². The lowest BCUT2D eigenvalue weighted by Gasteiger charge is -2.06. The molecule has 0 atom stereocenters. The lowest BCUT2D eigenvalue weighted by molar-refractivity contribution is 1.35. The molecule has 84 valence electrons. The van der Waals surface area contributed by atoms with E-state index in [1.165, 1.54) is 0 Å². The topological polar surface area (TPSA) is 51.8 Å². The Hall–Kier alpha value is -1.87. The van der Waals surface area contributed by atoms with Crippen LogP contribution in [0.1, 0.15) is 5.56 Å². The maximum atomic E-state index is 5.91. The summed E-state index contributed by atoms with van der Waals surface area (Å²) >= 11 is 5.87. The fourth-order valence-corrected chi connectivity index (χ4v) is 2.14. The zero-order valence-corrected chi connectivity index (χ0v) is 9.99. The van der Waals surface area contributed by atoms with E-state index >= 15 is 0 Å². The number of nitrogens with two attached hydrogens (primary N) is 1. The molecule has 2 N–H and O–H groups in total. The van der Waals surface area contributed by atoms with Gasteiger partial charge in [-0.1, -0.05) is 23.7 Å². The van der Waals surface area contributed by atoms with E-state index in [9.17, 15) is 0 Å². The first-order valence-corrected chi connectivity index (χ1v) is 5.65. The van der Waals surface area contributed by atoms with Gasteiger partial charge in [-0.05, 0) is 30.7 Å². The number of benzene rings is 1. The Morgan fingerprint density at radius 3 is 2.65 bits per heavy atom. The molecular weight excluding hydrogens is 234 g/mol. The average Bonchev–Trinajstić information content (AvgIpc) is 2.29. The first-order valence-electron chi connectivity index (χ1n) is 5.27. The average molecular weight is 244 g/mol. The second-order valence-electron chi connectivity index (χ2n) is 4.05. The summed E-state index contributed by atoms with van der Waals surface area (Å²) in [5.74, 6) is 0.417. The summed E-state index contributed by atoms with van der Waals surface area (Å²) in [5.41, 5.74) is 8.62. The highest BCUT2D eigenvalue weighted by Gasteiger charge is 2.07. The molecule has 17 heavy (non-hydrogen) atoms. The zero-order valence-electron chi connectivity index (χ0n) is 9.24. The van der Waals surface area contributed by atoms with Crippen molar-refractivity contribution in [2.24, 2.45) is 0 Å². The summed E-state index contributed by atoms with van der Waals surface area (Å²) in [5, 5.41) is 2.46. The molecule has 0 bridgehead atoms. The minimum absolute atomic E-state index is 0.417. The Morgan fingerprint density at radius 2 is 1.82 bits per heavy atom. The molecule has 0 saturated heterocycles. The molecule has 1 aromatic carbocycles. The van der Waals surface area contributed by atoms with E-state index in [4.69, 9.17) is 17.3 Å². The van der Waals surface area contributed by atoms with Gasteiger partial charge in [0, 0.05) is 10.8 Å². The van der Waals surface area contributed by atoms with E-state index in [1.54, 1.807) is 6.07 Å². The van der Waals surface area contributed by atoms with Crippen LogP contribution in [0.5, 0.6) is 0 Å². The first-order chi connectivity index (χ1) is 8.15. The van der Waals surface area contributed by atoms with Crippen LogP contribution in [-0.2, 0) is 0 Å². The number of halogens is 1. The normalized spacial score (nSPS) is 11.2. The van der Waals surface area contributed by atoms with Gasteiger partial charge in [0.1, 0.15) is 10.7 Å². The van der Waals surface area contributed by atoms with Crippen LogP contribution in [0.25, 0.3) is 21.8 Å². The molecule has 3 rings (SSSR count). The van der Waals surface area contributed by atoms with Crippen molar-refractivity contribution in [3.05, 3.63) is 41.0 Å². The van der Waals surface area contributed by atoms with Gasteiger partial charge in [-0.2, -0.15) is 0 Å². The molecule has 2 aromatic heterocycles. The third-order valence-electron chi connectivity index (χ3n) is 2.79. The number of rotatable bonds is 0. The molecule has 3 nitrogen and oxygen atoms in total. The van der Waals surface area contributed by atoms with Crippen LogP contribution in [0, 0.1) is 6.92 Å². The molecule has 0 amide bonds. The monoisotopic (exact) mass is 243 g/mol. The summed E-state index contributed by atoms with van der Waals surface area (Å²) in [6.45, 7) is 2.03. The first kappa shape index (κ1) is 10.3. The highest BCUT2D eigenvalue weighted by molar-refractivity contribution is 6.30. The van der Waals surface area contributed by atoms with Gasteiger partial charge in [0.25, 0.3) is 0 Å². The number of aromatic nitrogens is 2. The molecule has 0 aliphatic heterocycles. The van der Waals surface area contributed by atoms with E-state index in [2.05, 4.69) is 9.97 Å². The number of aryl methyl sites for hydroxylation is 1. The van der Waals surface area contributed by atoms with Crippen LogP contribution in [0.2, 0.25) is 5.15 Å². The Kier molecular flexibility index (Phi) is 2.16. The SMILES string of the molecule is Cc1ccc2c(c1)nc(N)c1nc(Cl)ccc12. The van der Waals surface area contributed by atoms with Crippen LogP contribution in [0.4, 0.5) is 5.82 Å². The van der Waals surface area contributed by atoms with Crippen LogP contribution in [0.15, 0.2) is 30.3 Å². The number of anilines is 1. The number of hydrogen-bond donors (Lipinski definition) is 1. The molecular formula is C13H10ClN3. The third-order valence-corrected chi connectivity index (χ3v) is 3.00. The van der Waals surface area contributed by atoms with Crippen molar-refractivity contribution < 1.29 is 0 Å². The smallest absolute Gasteiger partial charge is 0.150 e. The molecule has 0 unspecified atom stereocenters. The molecule has 0 spiro atoms. The van der Waals surface area contributed by atoms with Gasteiger partial charge in [-0.15, -0.1) is 0 Å². The van der Waals surface area contributed by atoms with Crippen LogP contribution >= 0.6 is 11.6 Å². The standard InChI is InChI=1S/C13H10ClN3/c1-7-2-3-8-9-4-5-11(14)17-12(9)13(15)16-10(8)6-7/h2-6H,1H3,(H2,15,16). The van der Waals surface area contributed by atoms with Gasteiger partial charge in [0.2, 0.25) is 0 Å². The van der Waals surface area contributed by atoms with Crippen molar-refractivity contribution in [3.63, 3.8) is 0 Å². The predicted octanol–water partition coefficient (Wildman–Crippen LogP) is 3.33. The maximum Gasteiger partial charge on any atom is 0.150 e. The van der Waals surface area contributed by atoms with E-state index < -0.39 is 0 Å². The molecule has 3 aromatic rings. The van der Waals surface area contributed by atoms with Crippen molar-refractivity contribution in [2.45, 2.75) is 6.92 Å². The second kappa shape index (κ2) is 3.57. The number of fused-ring (bicyclic) bond motifs is 3. The molecule has 0 saturated carbocycles. The van der Waals surface area contributed by atoms with Gasteiger partial charge in [-0.25, -0.2) is 9.97 Å². The highest BCUT2D eigenvalue weighted by Crippen LogP contribution is 2.28. The summed E-state index contributed by atoms with van der Waals surface area (Å²) in [7, 11) is 0. The minimum atomic E-state index is 0.417. The van der Waals surface area contributed by atoms with E-state index in [0.29, 0.717) is 16.5 Å². The number of nitrogens with zero attached hydrogens (tertiary/aromatic N) is 2. The summed E-state index contributed by atoms with van der Waals surface area (Å²) in [4.78, 5) is 8.59. The van der Waals surface area contributed by atoms with Crippen LogP contribution in [0.3, 0.4) is 0 Å². The van der Waals surface area contributed by atoms with Crippen molar-refractivity contribution >= 4 is 39.2 Å². The third kappa shape index (κ3) is 1.59. The summed E-state index contributed by atoms with van der Waals surface area (Å²) in [6.07, 6.45) is 0. The van der Waals surface area contributed by atoms with Crippen molar-refractivity contribution in [1.82, 2.24) is 9.97 Å². The van der Waals surface area contributed by atoms with Gasteiger partial charge < -0.3 is 5.73 Å². The lowest BCUT2D eigenvalue weighted by atomic mass is 10.1. The number of nitrogen functional groups attached to an aromatic ring is 1. The zero-order chi connectivity index (χ0) is 12.0. The highest BCUT2D eigenvalue weighted by atomic mass is 35.5. The number of pyridine rings is 2. The van der Waals surface area contributed by atoms with Gasteiger partial charge in [0.05, 0.1) is 5.52 Å². The fourth-order valence-electron chi connectivity index (χ4n) is 1.99. The largest absolute Gasteiger partial charge is 0.382 e. The Labute approximate surface area is 103 Å². The Morgan fingerprint density at radius 1 is 1.06 bits per heavy atom. The number of hydrogen-bond acceptors (Lipinski definition) is 3. The van der Waals surface area contributed by atoms with Gasteiger partial charge in [0.15, 0.2) is 5.82 Å². The molecule has 2 heterocycles. The van der Waals surface area contributed by atoms with E-state index in [0.717, 1.165) is 21.9 Å². The van der Waals surface area contributed by atoms with Crippen LogP contribution in [-0.4, -0.2) is 9.97 Å². The van der Waals surface area contributed by atoms with Crippen LogP contribution < -0.4 is 5.73 Å². The molecule has 0 radical (unpaired) electrons. The fraction of sp³-hybridized carbons (Fsp3) is 0.0769. The molecule has 0 aliphatic rings. The van der Waals surface area contributed by atoms with E-state index in [-0.39, 0.29) is 0 Å². The quantitative estimate of drug-likeness (QED) is 0.487. The predicted molar refractivity (Wildman–Crippen MR) is 71.2 cm³/mol. The minimum Gasteiger partial charge on any atom is -0.382 e. The van der Waals surface area contributed by atoms with Gasteiger partial charge in [-0.3, -0.25) is 0 Å².